The molecule has 4 N–H and O–H groups in total. The van der Waals surface area contributed by atoms with E-state index in [2.05, 4.69) is 16.0 Å². The van der Waals surface area contributed by atoms with Gasteiger partial charge < -0.3 is 15.7 Å². The van der Waals surface area contributed by atoms with Crippen LogP contribution in [0.15, 0.2) is 24.3 Å². The molecule has 0 aromatic heterocycles. The van der Waals surface area contributed by atoms with Gasteiger partial charge in [-0.15, -0.1) is 0 Å². The van der Waals surface area contributed by atoms with Gasteiger partial charge in [0.05, 0.1) is 5.92 Å². The molecule has 140 valence electrons. The Kier molecular flexibility index (Phi) is 5.64. The molecular weight excluding hydrogens is 338 g/mol. The van der Waals surface area contributed by atoms with Gasteiger partial charge in [0.1, 0.15) is 5.54 Å². The number of rotatable bonds is 7. The molecule has 0 spiro atoms. The monoisotopic (exact) mass is 361 g/mol. The normalized spacial score (nSPS) is 20.5. The summed E-state index contributed by atoms with van der Waals surface area (Å²) in [6, 6.07) is 5.67. The van der Waals surface area contributed by atoms with Gasteiger partial charge in [-0.1, -0.05) is 26.0 Å². The molecule has 8 heteroatoms. The van der Waals surface area contributed by atoms with E-state index >= 15 is 0 Å². The number of carboxylic acid groups (broad SMARTS) is 1. The molecule has 8 nitrogen and oxygen atoms in total. The quantitative estimate of drug-likeness (QED) is 0.544. The molecule has 1 aromatic carbocycles. The first kappa shape index (κ1) is 19.4. The highest BCUT2D eigenvalue weighted by Gasteiger charge is 2.43. The number of carbonyl (C=O) groups excluding carboxylic acids is 3. The molecule has 0 bridgehead atoms. The number of urea groups is 1. The minimum atomic E-state index is -1.18. The number of hydrogen-bond donors (Lipinski definition) is 4. The molecule has 1 heterocycles. The van der Waals surface area contributed by atoms with Crippen molar-refractivity contribution in [2.45, 2.75) is 32.7 Å². The van der Waals surface area contributed by atoms with Gasteiger partial charge >= 0.3 is 12.0 Å². The third-order valence-electron chi connectivity index (χ3n) is 4.38. The molecule has 2 atom stereocenters. The van der Waals surface area contributed by atoms with E-state index in [-0.39, 0.29) is 12.5 Å². The highest BCUT2D eigenvalue weighted by atomic mass is 16.4. The lowest BCUT2D eigenvalue weighted by Crippen LogP contribution is -2.40. The van der Waals surface area contributed by atoms with Crippen molar-refractivity contribution < 1.29 is 24.3 Å². The molecular formula is C18H23N3O5. The Labute approximate surface area is 151 Å². The Morgan fingerprint density at radius 3 is 2.27 bits per heavy atom. The van der Waals surface area contributed by atoms with Crippen LogP contribution in [-0.4, -0.2) is 35.5 Å². The number of carboxylic acids is 1. The maximum atomic E-state index is 12.2. The van der Waals surface area contributed by atoms with Gasteiger partial charge in [0.2, 0.25) is 0 Å². The Morgan fingerprint density at radius 1 is 1.19 bits per heavy atom. The van der Waals surface area contributed by atoms with Crippen LogP contribution >= 0.6 is 0 Å². The van der Waals surface area contributed by atoms with E-state index in [0.717, 1.165) is 0 Å². The minimum absolute atomic E-state index is 0.0459. The zero-order chi connectivity index (χ0) is 19.5. The summed E-state index contributed by atoms with van der Waals surface area (Å²) in [5.41, 5.74) is -0.297. The molecule has 2 unspecified atom stereocenters. The zero-order valence-electron chi connectivity index (χ0n) is 15.0. The van der Waals surface area contributed by atoms with Crippen LogP contribution in [0.2, 0.25) is 0 Å². The van der Waals surface area contributed by atoms with E-state index in [1.165, 1.54) is 12.1 Å². The van der Waals surface area contributed by atoms with Gasteiger partial charge in [-0.3, -0.25) is 19.7 Å². The lowest BCUT2D eigenvalue weighted by Gasteiger charge is -2.21. The fourth-order valence-corrected chi connectivity index (χ4v) is 2.86. The van der Waals surface area contributed by atoms with Gasteiger partial charge in [-0.2, -0.15) is 0 Å². The summed E-state index contributed by atoms with van der Waals surface area (Å²) in [7, 11) is 0. The molecule has 1 fully saturated rings. The van der Waals surface area contributed by atoms with Crippen LogP contribution in [0.3, 0.4) is 0 Å². The molecule has 1 aliphatic heterocycles. The van der Waals surface area contributed by atoms with Crippen molar-refractivity contribution in [1.82, 2.24) is 16.0 Å². The molecule has 2 rings (SSSR count). The second-order valence-electron chi connectivity index (χ2n) is 6.99. The third-order valence-corrected chi connectivity index (χ3v) is 4.38. The summed E-state index contributed by atoms with van der Waals surface area (Å²) in [5, 5.41) is 16.6. The SMILES string of the molecule is CC(C)CC(CNC(=O)c1ccc(C2(C)NC(=O)NC2=O)cc1)C(=O)O. The molecule has 4 amide bonds. The Hall–Kier alpha value is -2.90. The minimum Gasteiger partial charge on any atom is -0.481 e. The topological polar surface area (TPSA) is 125 Å². The predicted octanol–water partition coefficient (Wildman–Crippen LogP) is 1.22. The van der Waals surface area contributed by atoms with Crippen molar-refractivity contribution in [2.75, 3.05) is 6.54 Å². The first-order chi connectivity index (χ1) is 12.1. The van der Waals surface area contributed by atoms with Crippen molar-refractivity contribution in [3.05, 3.63) is 35.4 Å². The predicted molar refractivity (Wildman–Crippen MR) is 93.4 cm³/mol. The van der Waals surface area contributed by atoms with Gasteiger partial charge in [0.15, 0.2) is 0 Å². The molecule has 26 heavy (non-hydrogen) atoms. The highest BCUT2D eigenvalue weighted by Crippen LogP contribution is 2.24. The number of carbonyl (C=O) groups is 4. The van der Waals surface area contributed by atoms with Gasteiger partial charge in [0, 0.05) is 12.1 Å². The number of benzene rings is 1. The summed E-state index contributed by atoms with van der Waals surface area (Å²) in [4.78, 5) is 46.7. The van der Waals surface area contributed by atoms with Crippen LogP contribution in [0.4, 0.5) is 4.79 Å². The van der Waals surface area contributed by atoms with E-state index in [1.807, 2.05) is 13.8 Å². The van der Waals surface area contributed by atoms with Crippen molar-refractivity contribution in [2.24, 2.45) is 11.8 Å². The van der Waals surface area contributed by atoms with Crippen LogP contribution in [0, 0.1) is 11.8 Å². The number of imide groups is 1. The largest absolute Gasteiger partial charge is 0.481 e. The molecule has 1 aromatic rings. The second kappa shape index (κ2) is 7.55. The fourth-order valence-electron chi connectivity index (χ4n) is 2.86. The summed E-state index contributed by atoms with van der Waals surface area (Å²) >= 11 is 0. The molecule has 1 saturated heterocycles. The number of amides is 4. The summed E-state index contributed by atoms with van der Waals surface area (Å²) in [5.74, 6) is -2.23. The van der Waals surface area contributed by atoms with E-state index in [1.54, 1.807) is 19.1 Å². The molecule has 0 aliphatic carbocycles. The molecule has 1 aliphatic rings. The standard InChI is InChI=1S/C18H23N3O5/c1-10(2)8-12(15(23)24)9-19-14(22)11-4-6-13(7-5-11)18(3)16(25)20-17(26)21-18/h4-7,10,12H,8-9H2,1-3H3,(H,19,22)(H,23,24)(H2,20,21,25,26). The zero-order valence-corrected chi connectivity index (χ0v) is 15.0. The van der Waals surface area contributed by atoms with Crippen molar-refractivity contribution in [1.29, 1.82) is 0 Å². The Bertz CT molecular complexity index is 729. The average Bonchev–Trinajstić information content (AvgIpc) is 2.84. The number of hydrogen-bond acceptors (Lipinski definition) is 4. The van der Waals surface area contributed by atoms with Crippen LogP contribution in [0.5, 0.6) is 0 Å². The average molecular weight is 361 g/mol. The summed E-state index contributed by atoms with van der Waals surface area (Å²) < 4.78 is 0. The van der Waals surface area contributed by atoms with Gasteiger partial charge in [-0.25, -0.2) is 4.79 Å². The third kappa shape index (κ3) is 4.19. The van der Waals surface area contributed by atoms with Crippen molar-refractivity contribution >= 4 is 23.8 Å². The van der Waals surface area contributed by atoms with E-state index < -0.39 is 35.3 Å². The Balaban J connectivity index is 2.04. The maximum Gasteiger partial charge on any atom is 0.322 e. The van der Waals surface area contributed by atoms with Crippen LogP contribution in [0.1, 0.15) is 43.1 Å². The van der Waals surface area contributed by atoms with E-state index in [9.17, 15) is 24.3 Å². The van der Waals surface area contributed by atoms with Crippen molar-refractivity contribution in [3.8, 4) is 0 Å². The lowest BCUT2D eigenvalue weighted by molar-refractivity contribution is -0.142. The number of nitrogens with one attached hydrogen (secondary N) is 3. The Morgan fingerprint density at radius 2 is 1.81 bits per heavy atom. The lowest BCUT2D eigenvalue weighted by atomic mass is 9.91. The first-order valence-corrected chi connectivity index (χ1v) is 8.38. The van der Waals surface area contributed by atoms with Crippen LogP contribution < -0.4 is 16.0 Å². The van der Waals surface area contributed by atoms with Crippen LogP contribution in [0.25, 0.3) is 0 Å². The van der Waals surface area contributed by atoms with Crippen LogP contribution in [-0.2, 0) is 15.1 Å². The molecule has 0 saturated carbocycles. The van der Waals surface area contributed by atoms with Gasteiger partial charge in [-0.05, 0) is 37.0 Å². The highest BCUT2D eigenvalue weighted by molar-refractivity contribution is 6.07. The maximum absolute atomic E-state index is 12.2. The number of aliphatic carboxylic acids is 1. The van der Waals surface area contributed by atoms with Crippen molar-refractivity contribution in [3.63, 3.8) is 0 Å². The van der Waals surface area contributed by atoms with E-state index in [4.69, 9.17) is 0 Å². The second-order valence-corrected chi connectivity index (χ2v) is 6.99. The summed E-state index contributed by atoms with van der Waals surface area (Å²) in [6.45, 7) is 5.47. The summed E-state index contributed by atoms with van der Waals surface area (Å²) in [6.07, 6.45) is 0.474. The smallest absolute Gasteiger partial charge is 0.322 e. The molecule has 0 radical (unpaired) electrons. The van der Waals surface area contributed by atoms with Gasteiger partial charge in [0.25, 0.3) is 11.8 Å². The van der Waals surface area contributed by atoms with E-state index in [0.29, 0.717) is 17.5 Å². The fraction of sp³-hybridized carbons (Fsp3) is 0.444. The first-order valence-electron chi connectivity index (χ1n) is 8.38.